The Labute approximate surface area is 100.0 Å². The molecule has 1 aromatic rings. The van der Waals surface area contributed by atoms with Gasteiger partial charge < -0.3 is 0 Å². The molecular weight excluding hydrogens is 266 g/mol. The highest BCUT2D eigenvalue weighted by molar-refractivity contribution is 8.09. The molecule has 6 nitrogen and oxygen atoms in total. The van der Waals surface area contributed by atoms with Crippen molar-refractivity contribution < 1.29 is 21.6 Å². The molecule has 0 spiro atoms. The second-order valence-electron chi connectivity index (χ2n) is 3.43. The lowest BCUT2D eigenvalue weighted by Crippen LogP contribution is -2.35. The second-order valence-corrected chi connectivity index (χ2v) is 7.33. The summed E-state index contributed by atoms with van der Waals surface area (Å²) in [4.78, 5) is 10.4. The van der Waals surface area contributed by atoms with Crippen LogP contribution in [0, 0.1) is 0 Å². The fourth-order valence-electron chi connectivity index (χ4n) is 1.30. The van der Waals surface area contributed by atoms with Crippen LogP contribution in [0.1, 0.15) is 10.4 Å². The summed E-state index contributed by atoms with van der Waals surface area (Å²) in [6.07, 6.45) is 2.17. The van der Waals surface area contributed by atoms with Crippen LogP contribution in [0.2, 0.25) is 0 Å². The van der Waals surface area contributed by atoms with Crippen molar-refractivity contribution in [2.75, 3.05) is 16.2 Å². The molecule has 0 bridgehead atoms. The minimum absolute atomic E-state index is 0.0272. The molecule has 0 aromatic heterocycles. The van der Waals surface area contributed by atoms with Crippen molar-refractivity contribution in [3.05, 3.63) is 29.8 Å². The van der Waals surface area contributed by atoms with Crippen molar-refractivity contribution in [3.63, 3.8) is 0 Å². The van der Waals surface area contributed by atoms with E-state index in [9.17, 15) is 21.6 Å². The van der Waals surface area contributed by atoms with Gasteiger partial charge >= 0.3 is 0 Å². The molecule has 0 unspecified atom stereocenters. The van der Waals surface area contributed by atoms with E-state index in [4.69, 9.17) is 0 Å². The van der Waals surface area contributed by atoms with Gasteiger partial charge in [-0.1, -0.05) is 0 Å². The largest absolute Gasteiger partial charge is 0.298 e. The maximum atomic E-state index is 11.4. The van der Waals surface area contributed by atoms with Crippen LogP contribution < -0.4 is 3.71 Å². The Morgan fingerprint density at radius 3 is 1.65 bits per heavy atom. The van der Waals surface area contributed by atoms with Crippen molar-refractivity contribution in [1.29, 1.82) is 0 Å². The van der Waals surface area contributed by atoms with Gasteiger partial charge in [0.25, 0.3) is 0 Å². The van der Waals surface area contributed by atoms with E-state index in [0.29, 0.717) is 15.6 Å². The zero-order valence-electron chi connectivity index (χ0n) is 9.19. The zero-order valence-corrected chi connectivity index (χ0v) is 10.8. The first-order valence-corrected chi connectivity index (χ1v) is 8.11. The standard InChI is InChI=1S/C9H11NO5S2/c1-16(12,13)10(17(2,14)15)9-5-3-8(7-11)4-6-9/h3-7H,1-2H3. The summed E-state index contributed by atoms with van der Waals surface area (Å²) in [5.41, 5.74) is 0.302. The van der Waals surface area contributed by atoms with Gasteiger partial charge in [-0.25, -0.2) is 16.8 Å². The first-order chi connectivity index (χ1) is 7.66. The Balaban J connectivity index is 3.39. The Morgan fingerprint density at radius 1 is 0.941 bits per heavy atom. The molecule has 0 saturated carbocycles. The SMILES string of the molecule is CS(=O)(=O)N(c1ccc(C=O)cc1)S(C)(=O)=O. The predicted molar refractivity (Wildman–Crippen MR) is 64.0 cm³/mol. The van der Waals surface area contributed by atoms with Gasteiger partial charge in [0.1, 0.15) is 6.29 Å². The maximum absolute atomic E-state index is 11.4. The molecule has 0 radical (unpaired) electrons. The molecule has 0 aliphatic rings. The Morgan fingerprint density at radius 2 is 1.35 bits per heavy atom. The van der Waals surface area contributed by atoms with Gasteiger partial charge in [0, 0.05) is 5.56 Å². The molecule has 0 heterocycles. The van der Waals surface area contributed by atoms with Gasteiger partial charge in [0.2, 0.25) is 20.0 Å². The van der Waals surface area contributed by atoms with E-state index >= 15 is 0 Å². The third-order valence-corrected chi connectivity index (χ3v) is 5.09. The van der Waals surface area contributed by atoms with E-state index in [1.807, 2.05) is 0 Å². The predicted octanol–water partition coefficient (Wildman–Crippen LogP) is 0.225. The number of hydrogen-bond donors (Lipinski definition) is 0. The fourth-order valence-corrected chi connectivity index (χ4v) is 4.28. The first-order valence-electron chi connectivity index (χ1n) is 4.42. The van der Waals surface area contributed by atoms with Gasteiger partial charge in [-0.05, 0) is 24.3 Å². The first kappa shape index (κ1) is 13.7. The average molecular weight is 277 g/mol. The molecule has 8 heteroatoms. The monoisotopic (exact) mass is 277 g/mol. The summed E-state index contributed by atoms with van der Waals surface area (Å²) >= 11 is 0. The lowest BCUT2D eigenvalue weighted by Gasteiger charge is -2.19. The van der Waals surface area contributed by atoms with E-state index in [0.717, 1.165) is 12.5 Å². The Hall–Kier alpha value is -1.41. The highest BCUT2D eigenvalue weighted by atomic mass is 32.3. The van der Waals surface area contributed by atoms with Gasteiger partial charge in [-0.15, -0.1) is 0 Å². The molecule has 1 rings (SSSR count). The third-order valence-electron chi connectivity index (χ3n) is 1.84. The number of nitrogens with zero attached hydrogens (tertiary/aromatic N) is 1. The number of carbonyl (C=O) groups excluding carboxylic acids is 1. The van der Waals surface area contributed by atoms with Gasteiger partial charge in [-0.3, -0.25) is 4.79 Å². The van der Waals surface area contributed by atoms with Crippen LogP contribution in [-0.4, -0.2) is 35.6 Å². The molecule has 0 saturated heterocycles. The number of anilines is 1. The lowest BCUT2D eigenvalue weighted by molar-refractivity contribution is 0.112. The van der Waals surface area contributed by atoms with Crippen molar-refractivity contribution in [3.8, 4) is 0 Å². The van der Waals surface area contributed by atoms with Crippen LogP contribution in [0.3, 0.4) is 0 Å². The topological polar surface area (TPSA) is 88.6 Å². The van der Waals surface area contributed by atoms with E-state index in [-0.39, 0.29) is 5.69 Å². The van der Waals surface area contributed by atoms with E-state index in [1.54, 1.807) is 0 Å². The summed E-state index contributed by atoms with van der Waals surface area (Å²) in [6.45, 7) is 0. The summed E-state index contributed by atoms with van der Waals surface area (Å²) in [5.74, 6) is 0. The number of sulfonamides is 2. The summed E-state index contributed by atoms with van der Waals surface area (Å²) in [6, 6.07) is 5.19. The van der Waals surface area contributed by atoms with Crippen LogP contribution in [0.5, 0.6) is 0 Å². The quantitative estimate of drug-likeness (QED) is 0.735. The average Bonchev–Trinajstić information content (AvgIpc) is 2.14. The van der Waals surface area contributed by atoms with Gasteiger partial charge in [0.05, 0.1) is 18.2 Å². The van der Waals surface area contributed by atoms with Crippen LogP contribution in [0.4, 0.5) is 5.69 Å². The highest BCUT2D eigenvalue weighted by Crippen LogP contribution is 2.20. The molecular formula is C9H11NO5S2. The fraction of sp³-hybridized carbons (Fsp3) is 0.222. The van der Waals surface area contributed by atoms with Crippen molar-refractivity contribution in [1.82, 2.24) is 0 Å². The summed E-state index contributed by atoms with van der Waals surface area (Å²) in [5, 5.41) is 0. The maximum Gasteiger partial charge on any atom is 0.245 e. The van der Waals surface area contributed by atoms with Gasteiger partial charge in [0.15, 0.2) is 0 Å². The van der Waals surface area contributed by atoms with E-state index < -0.39 is 20.0 Å². The minimum atomic E-state index is -3.94. The van der Waals surface area contributed by atoms with Crippen LogP contribution in [0.15, 0.2) is 24.3 Å². The molecule has 0 aliphatic heterocycles. The Kier molecular flexibility index (Phi) is 3.58. The molecule has 0 atom stereocenters. The molecule has 17 heavy (non-hydrogen) atoms. The van der Waals surface area contributed by atoms with Crippen LogP contribution in [-0.2, 0) is 20.0 Å². The third kappa shape index (κ3) is 3.27. The van der Waals surface area contributed by atoms with Crippen molar-refractivity contribution in [2.24, 2.45) is 0 Å². The minimum Gasteiger partial charge on any atom is -0.298 e. The summed E-state index contributed by atoms with van der Waals surface area (Å²) in [7, 11) is -7.88. The summed E-state index contributed by atoms with van der Waals surface area (Å²) < 4.78 is 46.0. The van der Waals surface area contributed by atoms with Crippen molar-refractivity contribution in [2.45, 2.75) is 0 Å². The van der Waals surface area contributed by atoms with E-state index in [2.05, 4.69) is 0 Å². The smallest absolute Gasteiger partial charge is 0.245 e. The molecule has 1 aromatic carbocycles. The molecule has 0 aliphatic carbocycles. The van der Waals surface area contributed by atoms with Crippen molar-refractivity contribution >= 4 is 32.0 Å². The number of benzene rings is 1. The van der Waals surface area contributed by atoms with Crippen LogP contribution in [0.25, 0.3) is 0 Å². The molecule has 0 N–H and O–H groups in total. The number of rotatable bonds is 4. The second kappa shape index (κ2) is 4.46. The molecule has 0 amide bonds. The zero-order chi connectivity index (χ0) is 13.3. The van der Waals surface area contributed by atoms with Gasteiger partial charge in [-0.2, -0.15) is 3.71 Å². The number of carbonyl (C=O) groups is 1. The lowest BCUT2D eigenvalue weighted by atomic mass is 10.2. The highest BCUT2D eigenvalue weighted by Gasteiger charge is 2.26. The molecule has 0 fully saturated rings. The number of aldehydes is 1. The Bertz CT molecular complexity index is 584. The van der Waals surface area contributed by atoms with E-state index in [1.165, 1.54) is 24.3 Å². The normalized spacial score (nSPS) is 12.1. The van der Waals surface area contributed by atoms with Crippen LogP contribution >= 0.6 is 0 Å². The molecule has 94 valence electrons. The number of hydrogen-bond acceptors (Lipinski definition) is 5.